The highest BCUT2D eigenvalue weighted by molar-refractivity contribution is 7.93. The summed E-state index contributed by atoms with van der Waals surface area (Å²) in [6.45, 7) is 8.24. The van der Waals surface area contributed by atoms with Gasteiger partial charge in [-0.15, -0.1) is 0 Å². The molecule has 208 valence electrons. The third kappa shape index (κ3) is 6.41. The van der Waals surface area contributed by atoms with Gasteiger partial charge in [0.1, 0.15) is 35.4 Å². The van der Waals surface area contributed by atoms with Crippen LogP contribution in [-0.2, 0) is 14.5 Å². The summed E-state index contributed by atoms with van der Waals surface area (Å²) in [5.74, 6) is 1.68. The number of rotatable bonds is 5. The van der Waals surface area contributed by atoms with E-state index in [0.29, 0.717) is 59.5 Å². The molecule has 39 heavy (non-hydrogen) atoms. The number of nitrogens with zero attached hydrogens (tertiary/aromatic N) is 4. The minimum absolute atomic E-state index is 0.314. The predicted octanol–water partition coefficient (Wildman–Crippen LogP) is 6.10. The fraction of sp³-hybridized carbons (Fsp3) is 0.464. The highest BCUT2D eigenvalue weighted by Gasteiger charge is 2.31. The lowest BCUT2D eigenvalue weighted by atomic mass is 10.1. The van der Waals surface area contributed by atoms with Crippen molar-refractivity contribution in [2.45, 2.75) is 58.7 Å². The van der Waals surface area contributed by atoms with Gasteiger partial charge in [-0.05, 0) is 70.4 Å². The molecule has 0 saturated carbocycles. The third-order valence-electron chi connectivity index (χ3n) is 6.66. The van der Waals surface area contributed by atoms with E-state index in [4.69, 9.17) is 9.47 Å². The van der Waals surface area contributed by atoms with Crippen molar-refractivity contribution in [3.05, 3.63) is 48.0 Å². The first-order chi connectivity index (χ1) is 18.5. The zero-order valence-electron chi connectivity index (χ0n) is 22.7. The van der Waals surface area contributed by atoms with E-state index in [1.807, 2.05) is 39.8 Å². The minimum Gasteiger partial charge on any atom is -0.486 e. The number of likely N-dealkylation sites (tertiary alicyclic amines) is 1. The number of anilines is 2. The SMILES string of the molecule is Cc1cc(N=S2(=O)CCCC2)cc2ncnc(Nc3ccc(F)cc3O[C@@H]3CCN(C(=O)OC(C)(C)C)C3)c12. The second kappa shape index (κ2) is 10.6. The summed E-state index contributed by atoms with van der Waals surface area (Å²) in [4.78, 5) is 22.9. The maximum absolute atomic E-state index is 14.3. The first-order valence-corrected chi connectivity index (χ1v) is 15.0. The lowest BCUT2D eigenvalue weighted by Crippen LogP contribution is -2.36. The lowest BCUT2D eigenvalue weighted by molar-refractivity contribution is 0.0275. The van der Waals surface area contributed by atoms with Crippen molar-refractivity contribution >= 4 is 43.9 Å². The Morgan fingerprint density at radius 2 is 1.95 bits per heavy atom. The summed E-state index contributed by atoms with van der Waals surface area (Å²) in [6.07, 6.45) is 3.21. The van der Waals surface area contributed by atoms with Gasteiger partial charge in [0.15, 0.2) is 0 Å². The Morgan fingerprint density at radius 1 is 1.18 bits per heavy atom. The van der Waals surface area contributed by atoms with Crippen molar-refractivity contribution in [2.75, 3.05) is 29.9 Å². The molecule has 2 aromatic carbocycles. The molecule has 1 aromatic heterocycles. The van der Waals surface area contributed by atoms with Crippen LogP contribution in [0.5, 0.6) is 5.75 Å². The number of halogens is 1. The van der Waals surface area contributed by atoms with Gasteiger partial charge < -0.3 is 19.7 Å². The normalized spacial score (nSPS) is 18.8. The molecule has 11 heteroatoms. The molecule has 2 aliphatic rings. The van der Waals surface area contributed by atoms with Gasteiger partial charge in [0.05, 0.1) is 33.2 Å². The van der Waals surface area contributed by atoms with Gasteiger partial charge in [0.25, 0.3) is 0 Å². The third-order valence-corrected chi connectivity index (χ3v) is 9.05. The van der Waals surface area contributed by atoms with E-state index in [2.05, 4.69) is 19.6 Å². The summed E-state index contributed by atoms with van der Waals surface area (Å²) in [6, 6.07) is 7.99. The molecular formula is C28H34FN5O4S. The molecule has 9 nitrogen and oxygen atoms in total. The molecule has 3 heterocycles. The molecule has 0 radical (unpaired) electrons. The fourth-order valence-corrected chi connectivity index (χ4v) is 7.07. The topological polar surface area (TPSA) is 106 Å². The number of fused-ring (bicyclic) bond motifs is 1. The van der Waals surface area contributed by atoms with Crippen LogP contribution in [0.4, 0.5) is 26.4 Å². The maximum Gasteiger partial charge on any atom is 0.410 e. The van der Waals surface area contributed by atoms with E-state index in [1.54, 1.807) is 11.0 Å². The zero-order valence-corrected chi connectivity index (χ0v) is 23.5. The first kappa shape index (κ1) is 27.1. The lowest BCUT2D eigenvalue weighted by Gasteiger charge is -2.24. The Hall–Kier alpha value is -3.47. The van der Waals surface area contributed by atoms with Crippen LogP contribution < -0.4 is 10.1 Å². The standard InChI is InChI=1S/C28H34FN5O4S/c1-18-13-20(33-39(36)11-5-6-12-39)15-23-25(18)26(31-17-30-23)32-22-8-7-19(29)14-24(22)37-21-9-10-34(16-21)27(35)38-28(2,3)4/h7-8,13-15,17,21H,5-6,9-12,16H2,1-4H3,(H,30,31,32)/t21-/m1/s1. The van der Waals surface area contributed by atoms with Crippen molar-refractivity contribution in [1.82, 2.24) is 14.9 Å². The Kier molecular flexibility index (Phi) is 7.37. The molecule has 1 N–H and O–H groups in total. The Morgan fingerprint density at radius 3 is 2.69 bits per heavy atom. The van der Waals surface area contributed by atoms with Crippen LogP contribution in [0.3, 0.4) is 0 Å². The molecule has 0 unspecified atom stereocenters. The number of carbonyl (C=O) groups is 1. The highest BCUT2D eigenvalue weighted by Crippen LogP contribution is 2.35. The van der Waals surface area contributed by atoms with Crippen molar-refractivity contribution < 1.29 is 22.9 Å². The van der Waals surface area contributed by atoms with Gasteiger partial charge in [0.2, 0.25) is 0 Å². The van der Waals surface area contributed by atoms with E-state index in [1.165, 1.54) is 18.5 Å². The van der Waals surface area contributed by atoms with Crippen molar-refractivity contribution in [3.63, 3.8) is 0 Å². The molecule has 5 rings (SSSR count). The quantitative estimate of drug-likeness (QED) is 0.405. The van der Waals surface area contributed by atoms with E-state index >= 15 is 0 Å². The molecule has 2 aliphatic heterocycles. The van der Waals surface area contributed by atoms with Crippen LogP contribution >= 0.6 is 0 Å². The average molecular weight is 556 g/mol. The second-order valence-corrected chi connectivity index (χ2v) is 13.6. The highest BCUT2D eigenvalue weighted by atomic mass is 32.2. The summed E-state index contributed by atoms with van der Waals surface area (Å²) in [5, 5.41) is 4.07. The van der Waals surface area contributed by atoms with Crippen LogP contribution in [0.25, 0.3) is 10.9 Å². The van der Waals surface area contributed by atoms with E-state index in [0.717, 1.165) is 23.8 Å². The monoisotopic (exact) mass is 555 g/mol. The van der Waals surface area contributed by atoms with Gasteiger partial charge in [-0.1, -0.05) is 0 Å². The van der Waals surface area contributed by atoms with Crippen LogP contribution in [0, 0.1) is 12.7 Å². The van der Waals surface area contributed by atoms with Crippen LogP contribution in [0.2, 0.25) is 0 Å². The predicted molar refractivity (Wildman–Crippen MR) is 150 cm³/mol. The molecule has 2 saturated heterocycles. The van der Waals surface area contributed by atoms with Crippen molar-refractivity contribution in [3.8, 4) is 5.75 Å². The number of carbonyl (C=O) groups excluding carboxylic acids is 1. The molecule has 1 amide bonds. The number of nitrogens with one attached hydrogen (secondary N) is 1. The zero-order chi connectivity index (χ0) is 27.8. The second-order valence-electron chi connectivity index (χ2n) is 11.1. The number of hydrogen-bond acceptors (Lipinski definition) is 8. The Balaban J connectivity index is 1.38. The van der Waals surface area contributed by atoms with Gasteiger partial charge in [0, 0.05) is 35.9 Å². The number of aromatic nitrogens is 2. The molecule has 0 spiro atoms. The molecule has 3 aromatic rings. The summed E-state index contributed by atoms with van der Waals surface area (Å²) in [5.41, 5.74) is 2.15. The van der Waals surface area contributed by atoms with Gasteiger partial charge in [-0.2, -0.15) is 4.36 Å². The Labute approximate surface area is 228 Å². The summed E-state index contributed by atoms with van der Waals surface area (Å²) in [7, 11) is -2.21. The summed E-state index contributed by atoms with van der Waals surface area (Å²) < 4.78 is 43.4. The number of benzene rings is 2. The fourth-order valence-electron chi connectivity index (χ4n) is 4.88. The first-order valence-electron chi connectivity index (χ1n) is 13.2. The van der Waals surface area contributed by atoms with Gasteiger partial charge in [-0.25, -0.2) is 23.4 Å². The average Bonchev–Trinajstić information content (AvgIpc) is 3.49. The molecular weight excluding hydrogens is 521 g/mol. The summed E-state index contributed by atoms with van der Waals surface area (Å²) >= 11 is 0. The number of amides is 1. The van der Waals surface area contributed by atoms with Crippen LogP contribution in [0.1, 0.15) is 45.6 Å². The minimum atomic E-state index is -2.21. The van der Waals surface area contributed by atoms with Crippen molar-refractivity contribution in [1.29, 1.82) is 0 Å². The number of hydrogen-bond donors (Lipinski definition) is 1. The number of aryl methyl sites for hydroxylation is 1. The smallest absolute Gasteiger partial charge is 0.410 e. The number of ether oxygens (including phenoxy) is 2. The van der Waals surface area contributed by atoms with Crippen molar-refractivity contribution in [2.24, 2.45) is 4.36 Å². The van der Waals surface area contributed by atoms with Gasteiger partial charge >= 0.3 is 6.09 Å². The van der Waals surface area contributed by atoms with E-state index in [-0.39, 0.29) is 6.10 Å². The molecule has 2 fully saturated rings. The molecule has 0 bridgehead atoms. The maximum atomic E-state index is 14.3. The molecule has 0 aliphatic carbocycles. The van der Waals surface area contributed by atoms with Gasteiger partial charge in [-0.3, -0.25) is 0 Å². The van der Waals surface area contributed by atoms with E-state index in [9.17, 15) is 13.4 Å². The Bertz CT molecular complexity index is 1520. The van der Waals surface area contributed by atoms with Crippen LogP contribution in [0.15, 0.2) is 41.0 Å². The van der Waals surface area contributed by atoms with Crippen LogP contribution in [-0.4, -0.2) is 61.5 Å². The van der Waals surface area contributed by atoms with E-state index < -0.39 is 27.2 Å². The largest absolute Gasteiger partial charge is 0.486 e. The molecule has 1 atom stereocenters.